The Morgan fingerprint density at radius 2 is 2.06 bits per heavy atom. The monoisotopic (exact) mass is 231 g/mol. The zero-order valence-corrected chi connectivity index (χ0v) is 10.2. The van der Waals surface area contributed by atoms with Crippen LogP contribution in [0.5, 0.6) is 0 Å². The maximum absolute atomic E-state index is 11.5. The van der Waals surface area contributed by atoms with Crippen LogP contribution >= 0.6 is 0 Å². The third kappa shape index (κ3) is 4.37. The number of aliphatic hydroxyl groups is 1. The molecule has 0 unspecified atom stereocenters. The molecule has 1 aliphatic heterocycles. The van der Waals surface area contributed by atoms with Crippen molar-refractivity contribution in [1.29, 1.82) is 0 Å². The molecule has 1 amide bonds. The summed E-state index contributed by atoms with van der Waals surface area (Å²) in [6.07, 6.45) is -0.258. The fraction of sp³-hybridized carbons (Fsp3) is 0.909. The van der Waals surface area contributed by atoms with Gasteiger partial charge in [0.15, 0.2) is 0 Å². The standard InChI is InChI=1S/C11H21NO4/c1-11(2,3)16-10(14)12-6-9(7-12)8-15-5-4-13/h9,13H,4-8H2,1-3H3. The SMILES string of the molecule is CC(C)(C)OC(=O)N1CC(COCCO)C1. The Morgan fingerprint density at radius 1 is 1.44 bits per heavy atom. The summed E-state index contributed by atoms with van der Waals surface area (Å²) in [5.74, 6) is 0.374. The van der Waals surface area contributed by atoms with Crippen molar-refractivity contribution in [3.63, 3.8) is 0 Å². The number of carbonyl (C=O) groups excluding carboxylic acids is 1. The van der Waals surface area contributed by atoms with Gasteiger partial charge >= 0.3 is 6.09 Å². The van der Waals surface area contributed by atoms with Crippen LogP contribution in [0.1, 0.15) is 20.8 Å². The maximum atomic E-state index is 11.5. The molecule has 0 spiro atoms. The highest BCUT2D eigenvalue weighted by atomic mass is 16.6. The zero-order valence-electron chi connectivity index (χ0n) is 10.2. The first-order chi connectivity index (χ1) is 7.42. The summed E-state index contributed by atoms with van der Waals surface area (Å²) in [4.78, 5) is 13.2. The van der Waals surface area contributed by atoms with Crippen LogP contribution in [0.25, 0.3) is 0 Å². The molecule has 1 heterocycles. The van der Waals surface area contributed by atoms with Crippen molar-refractivity contribution in [3.05, 3.63) is 0 Å². The number of ether oxygens (including phenoxy) is 2. The normalized spacial score (nSPS) is 17.1. The van der Waals surface area contributed by atoms with Gasteiger partial charge in [-0.15, -0.1) is 0 Å². The Labute approximate surface area is 96.3 Å². The lowest BCUT2D eigenvalue weighted by atomic mass is 10.0. The molecule has 0 aromatic carbocycles. The molecule has 0 aliphatic carbocycles. The first kappa shape index (κ1) is 13.3. The van der Waals surface area contributed by atoms with E-state index in [2.05, 4.69) is 0 Å². The molecule has 1 aliphatic rings. The lowest BCUT2D eigenvalue weighted by molar-refractivity contribution is -0.0237. The molecule has 1 saturated heterocycles. The van der Waals surface area contributed by atoms with Gasteiger partial charge < -0.3 is 19.5 Å². The van der Waals surface area contributed by atoms with Crippen molar-refractivity contribution in [1.82, 2.24) is 4.90 Å². The summed E-state index contributed by atoms with van der Waals surface area (Å²) in [7, 11) is 0. The van der Waals surface area contributed by atoms with E-state index in [4.69, 9.17) is 14.6 Å². The van der Waals surface area contributed by atoms with Crippen molar-refractivity contribution < 1.29 is 19.4 Å². The minimum Gasteiger partial charge on any atom is -0.444 e. The number of aliphatic hydroxyl groups excluding tert-OH is 1. The fourth-order valence-corrected chi connectivity index (χ4v) is 1.47. The number of hydrogen-bond acceptors (Lipinski definition) is 4. The molecule has 5 nitrogen and oxygen atoms in total. The van der Waals surface area contributed by atoms with Crippen molar-refractivity contribution in [2.24, 2.45) is 5.92 Å². The second-order valence-electron chi connectivity index (χ2n) is 5.05. The third-order valence-electron chi connectivity index (χ3n) is 2.20. The molecule has 5 heteroatoms. The van der Waals surface area contributed by atoms with Gasteiger partial charge in [0.1, 0.15) is 5.60 Å². The van der Waals surface area contributed by atoms with E-state index in [9.17, 15) is 4.79 Å². The van der Waals surface area contributed by atoms with E-state index in [1.165, 1.54) is 0 Å². The number of likely N-dealkylation sites (tertiary alicyclic amines) is 1. The van der Waals surface area contributed by atoms with Gasteiger partial charge in [-0.3, -0.25) is 0 Å². The predicted octanol–water partition coefficient (Wildman–Crippen LogP) is 0.862. The van der Waals surface area contributed by atoms with E-state index < -0.39 is 5.60 Å². The molecular weight excluding hydrogens is 210 g/mol. The van der Waals surface area contributed by atoms with Crippen molar-refractivity contribution >= 4 is 6.09 Å². The number of rotatable bonds is 4. The van der Waals surface area contributed by atoms with Crippen LogP contribution in [0.15, 0.2) is 0 Å². The summed E-state index contributed by atoms with van der Waals surface area (Å²) < 4.78 is 10.4. The molecule has 0 atom stereocenters. The van der Waals surface area contributed by atoms with Gasteiger partial charge in [0.25, 0.3) is 0 Å². The number of carbonyl (C=O) groups is 1. The average molecular weight is 231 g/mol. The summed E-state index contributed by atoms with van der Waals surface area (Å²) >= 11 is 0. The van der Waals surface area contributed by atoms with E-state index in [0.29, 0.717) is 32.2 Å². The minimum atomic E-state index is -0.435. The second kappa shape index (κ2) is 5.50. The van der Waals surface area contributed by atoms with Crippen LogP contribution < -0.4 is 0 Å². The van der Waals surface area contributed by atoms with E-state index >= 15 is 0 Å². The predicted molar refractivity (Wildman–Crippen MR) is 59.2 cm³/mol. The van der Waals surface area contributed by atoms with E-state index in [-0.39, 0.29) is 12.7 Å². The highest BCUT2D eigenvalue weighted by Crippen LogP contribution is 2.19. The molecule has 1 fully saturated rings. The maximum Gasteiger partial charge on any atom is 0.410 e. The molecule has 0 aromatic rings. The first-order valence-electron chi connectivity index (χ1n) is 5.59. The molecule has 16 heavy (non-hydrogen) atoms. The van der Waals surface area contributed by atoms with Crippen LogP contribution in [0.2, 0.25) is 0 Å². The lowest BCUT2D eigenvalue weighted by Crippen LogP contribution is -2.53. The smallest absolute Gasteiger partial charge is 0.410 e. The number of nitrogens with zero attached hydrogens (tertiary/aromatic N) is 1. The van der Waals surface area contributed by atoms with Crippen LogP contribution in [-0.2, 0) is 9.47 Å². The molecule has 0 bridgehead atoms. The summed E-state index contributed by atoms with van der Waals surface area (Å²) in [6.45, 7) is 7.93. The Hall–Kier alpha value is -0.810. The van der Waals surface area contributed by atoms with Crippen LogP contribution in [0.3, 0.4) is 0 Å². The van der Waals surface area contributed by atoms with Gasteiger partial charge in [-0.05, 0) is 20.8 Å². The number of amides is 1. The Morgan fingerprint density at radius 3 is 2.56 bits per heavy atom. The fourth-order valence-electron chi connectivity index (χ4n) is 1.47. The van der Waals surface area contributed by atoms with Crippen molar-refractivity contribution in [3.8, 4) is 0 Å². The van der Waals surface area contributed by atoms with Crippen molar-refractivity contribution in [2.75, 3.05) is 32.9 Å². The minimum absolute atomic E-state index is 0.0441. The summed E-state index contributed by atoms with van der Waals surface area (Å²) in [5, 5.41) is 8.53. The van der Waals surface area contributed by atoms with Crippen LogP contribution in [0.4, 0.5) is 4.79 Å². The molecular formula is C11H21NO4. The molecule has 94 valence electrons. The van der Waals surface area contributed by atoms with Gasteiger partial charge in [0, 0.05) is 19.0 Å². The third-order valence-corrected chi connectivity index (χ3v) is 2.20. The molecule has 0 radical (unpaired) electrons. The quantitative estimate of drug-likeness (QED) is 0.729. The zero-order chi connectivity index (χ0) is 12.2. The second-order valence-corrected chi connectivity index (χ2v) is 5.05. The van der Waals surface area contributed by atoms with Gasteiger partial charge in [-0.2, -0.15) is 0 Å². The average Bonchev–Trinajstić information content (AvgIpc) is 2.05. The van der Waals surface area contributed by atoms with Crippen LogP contribution in [0, 0.1) is 5.92 Å². The summed E-state index contributed by atoms with van der Waals surface area (Å²) in [5.41, 5.74) is -0.435. The van der Waals surface area contributed by atoms with E-state index in [1.807, 2.05) is 20.8 Å². The van der Waals surface area contributed by atoms with E-state index in [1.54, 1.807) is 4.90 Å². The van der Waals surface area contributed by atoms with Gasteiger partial charge in [-0.1, -0.05) is 0 Å². The largest absolute Gasteiger partial charge is 0.444 e. The van der Waals surface area contributed by atoms with Crippen molar-refractivity contribution in [2.45, 2.75) is 26.4 Å². The summed E-state index contributed by atoms with van der Waals surface area (Å²) in [6, 6.07) is 0. The lowest BCUT2D eigenvalue weighted by Gasteiger charge is -2.39. The Kier molecular flexibility index (Phi) is 4.56. The topological polar surface area (TPSA) is 59.0 Å². The first-order valence-corrected chi connectivity index (χ1v) is 5.59. The molecule has 1 N–H and O–H groups in total. The van der Waals surface area contributed by atoms with E-state index in [0.717, 1.165) is 0 Å². The Bertz CT molecular complexity index is 231. The molecule has 0 saturated carbocycles. The van der Waals surface area contributed by atoms with Crippen LogP contribution in [-0.4, -0.2) is 54.6 Å². The van der Waals surface area contributed by atoms with Gasteiger partial charge in [-0.25, -0.2) is 4.79 Å². The number of hydrogen-bond donors (Lipinski definition) is 1. The Balaban J connectivity index is 2.13. The molecule has 1 rings (SSSR count). The highest BCUT2D eigenvalue weighted by Gasteiger charge is 2.33. The van der Waals surface area contributed by atoms with Gasteiger partial charge in [0.05, 0.1) is 19.8 Å². The van der Waals surface area contributed by atoms with Gasteiger partial charge in [0.2, 0.25) is 0 Å². The molecule has 0 aromatic heterocycles. The highest BCUT2D eigenvalue weighted by molar-refractivity contribution is 5.69.